The Bertz CT molecular complexity index is 886. The molecule has 0 spiro atoms. The van der Waals surface area contributed by atoms with Crippen LogP contribution in [0.1, 0.15) is 42.1 Å². The highest BCUT2D eigenvalue weighted by molar-refractivity contribution is 9.10. The zero-order valence-corrected chi connectivity index (χ0v) is 16.5. The largest absolute Gasteiger partial charge is 0.422 e. The molecule has 0 fully saturated rings. The molecule has 0 aliphatic carbocycles. The molecular formula is C23H21BrO2. The van der Waals surface area contributed by atoms with Gasteiger partial charge in [0.25, 0.3) is 0 Å². The Labute approximate surface area is 163 Å². The number of esters is 1. The highest BCUT2D eigenvalue weighted by atomic mass is 79.9. The van der Waals surface area contributed by atoms with E-state index >= 15 is 0 Å². The van der Waals surface area contributed by atoms with Crippen molar-refractivity contribution in [2.75, 3.05) is 0 Å². The summed E-state index contributed by atoms with van der Waals surface area (Å²) >= 11 is 3.51. The molecule has 0 aromatic heterocycles. The van der Waals surface area contributed by atoms with Crippen molar-refractivity contribution in [2.45, 2.75) is 26.2 Å². The zero-order chi connectivity index (χ0) is 18.5. The predicted molar refractivity (Wildman–Crippen MR) is 110 cm³/mol. The molecule has 3 aromatic rings. The Balaban J connectivity index is 1.74. The fourth-order valence-electron chi connectivity index (χ4n) is 2.73. The fourth-order valence-corrected chi connectivity index (χ4v) is 3.21. The van der Waals surface area contributed by atoms with E-state index in [1.807, 2.05) is 60.7 Å². The molecule has 0 N–H and O–H groups in total. The summed E-state index contributed by atoms with van der Waals surface area (Å²) in [6.07, 6.45) is 1.07. The van der Waals surface area contributed by atoms with Gasteiger partial charge in [0, 0.05) is 0 Å². The Morgan fingerprint density at radius 2 is 1.62 bits per heavy atom. The highest BCUT2D eigenvalue weighted by Crippen LogP contribution is 2.30. The summed E-state index contributed by atoms with van der Waals surface area (Å²) in [6.45, 7) is 4.34. The number of rotatable bonds is 5. The minimum absolute atomic E-state index is 0.360. The average Bonchev–Trinajstić information content (AvgIpc) is 2.69. The number of hydrogen-bond acceptors (Lipinski definition) is 2. The van der Waals surface area contributed by atoms with Crippen molar-refractivity contribution in [1.29, 1.82) is 0 Å². The Hall–Kier alpha value is -2.39. The van der Waals surface area contributed by atoms with Crippen LogP contribution in [0.4, 0.5) is 0 Å². The van der Waals surface area contributed by atoms with Crippen LogP contribution in [0.5, 0.6) is 5.75 Å². The fraction of sp³-hybridized carbons (Fsp3) is 0.174. The maximum atomic E-state index is 12.4. The second kappa shape index (κ2) is 8.33. The molecule has 26 heavy (non-hydrogen) atoms. The molecule has 1 atom stereocenters. The van der Waals surface area contributed by atoms with Gasteiger partial charge >= 0.3 is 5.97 Å². The first kappa shape index (κ1) is 18.4. The van der Waals surface area contributed by atoms with Crippen molar-refractivity contribution in [3.63, 3.8) is 0 Å². The van der Waals surface area contributed by atoms with Crippen LogP contribution >= 0.6 is 15.9 Å². The summed E-state index contributed by atoms with van der Waals surface area (Å²) in [5.41, 5.74) is 3.95. The van der Waals surface area contributed by atoms with Gasteiger partial charge in [0.15, 0.2) is 0 Å². The first-order chi connectivity index (χ1) is 12.6. The van der Waals surface area contributed by atoms with Gasteiger partial charge < -0.3 is 4.74 Å². The van der Waals surface area contributed by atoms with E-state index in [1.54, 1.807) is 12.1 Å². The molecule has 0 amide bonds. The van der Waals surface area contributed by atoms with Gasteiger partial charge in [-0.05, 0) is 69.2 Å². The van der Waals surface area contributed by atoms with Crippen LogP contribution in [-0.2, 0) is 0 Å². The third-order valence-electron chi connectivity index (χ3n) is 4.57. The predicted octanol–water partition coefficient (Wildman–Crippen LogP) is 6.85. The lowest BCUT2D eigenvalue weighted by atomic mass is 9.99. The summed E-state index contributed by atoms with van der Waals surface area (Å²) in [4.78, 5) is 12.4. The monoisotopic (exact) mass is 408 g/mol. The lowest BCUT2D eigenvalue weighted by Crippen LogP contribution is -2.09. The molecule has 0 saturated carbocycles. The van der Waals surface area contributed by atoms with Crippen molar-refractivity contribution in [3.05, 3.63) is 88.4 Å². The van der Waals surface area contributed by atoms with Crippen LogP contribution < -0.4 is 4.74 Å². The topological polar surface area (TPSA) is 26.3 Å². The number of hydrogen-bond donors (Lipinski definition) is 0. The lowest BCUT2D eigenvalue weighted by Gasteiger charge is -2.12. The minimum Gasteiger partial charge on any atom is -0.422 e. The normalized spacial score (nSPS) is 11.8. The maximum absolute atomic E-state index is 12.4. The lowest BCUT2D eigenvalue weighted by molar-refractivity contribution is 0.0733. The van der Waals surface area contributed by atoms with Gasteiger partial charge in [-0.25, -0.2) is 4.79 Å². The van der Waals surface area contributed by atoms with Crippen LogP contribution in [0, 0.1) is 0 Å². The molecule has 0 saturated heterocycles. The van der Waals surface area contributed by atoms with E-state index in [1.165, 1.54) is 5.56 Å². The van der Waals surface area contributed by atoms with E-state index < -0.39 is 0 Å². The third-order valence-corrected chi connectivity index (χ3v) is 5.19. The summed E-state index contributed by atoms with van der Waals surface area (Å²) in [5, 5.41) is 0. The van der Waals surface area contributed by atoms with Gasteiger partial charge in [-0.1, -0.05) is 62.4 Å². The van der Waals surface area contributed by atoms with Crippen LogP contribution in [0.15, 0.2) is 77.3 Å². The van der Waals surface area contributed by atoms with Gasteiger partial charge in [0.2, 0.25) is 0 Å². The van der Waals surface area contributed by atoms with Crippen molar-refractivity contribution in [3.8, 4) is 16.9 Å². The SMILES string of the molecule is CCC(C)c1ccc(OC(=O)c2ccc(-c3ccccc3)cc2)c(Br)c1. The minimum atomic E-state index is -0.360. The number of benzene rings is 3. The van der Waals surface area contributed by atoms with E-state index in [0.717, 1.165) is 22.0 Å². The molecule has 3 rings (SSSR count). The van der Waals surface area contributed by atoms with Crippen LogP contribution in [-0.4, -0.2) is 5.97 Å². The number of carbonyl (C=O) groups excluding carboxylic acids is 1. The van der Waals surface area contributed by atoms with E-state index in [2.05, 4.69) is 29.8 Å². The van der Waals surface area contributed by atoms with Gasteiger partial charge in [0.05, 0.1) is 10.0 Å². The summed E-state index contributed by atoms with van der Waals surface area (Å²) in [6, 6.07) is 23.4. The molecule has 0 aliphatic rings. The Morgan fingerprint density at radius 3 is 2.23 bits per heavy atom. The van der Waals surface area contributed by atoms with Crippen LogP contribution in [0.3, 0.4) is 0 Å². The molecule has 0 aliphatic heterocycles. The first-order valence-corrected chi connectivity index (χ1v) is 9.55. The van der Waals surface area contributed by atoms with Crippen molar-refractivity contribution in [1.82, 2.24) is 0 Å². The molecule has 0 radical (unpaired) electrons. The zero-order valence-electron chi connectivity index (χ0n) is 14.9. The quantitative estimate of drug-likeness (QED) is 0.340. The molecule has 132 valence electrons. The van der Waals surface area contributed by atoms with E-state index in [0.29, 0.717) is 17.2 Å². The van der Waals surface area contributed by atoms with Gasteiger partial charge in [-0.15, -0.1) is 0 Å². The third kappa shape index (κ3) is 4.23. The Kier molecular flexibility index (Phi) is 5.89. The van der Waals surface area contributed by atoms with Gasteiger partial charge in [-0.2, -0.15) is 0 Å². The molecule has 3 heteroatoms. The van der Waals surface area contributed by atoms with Gasteiger partial charge in [-0.3, -0.25) is 0 Å². The average molecular weight is 409 g/mol. The Morgan fingerprint density at radius 1 is 0.962 bits per heavy atom. The van der Waals surface area contributed by atoms with E-state index in [4.69, 9.17) is 4.74 Å². The summed E-state index contributed by atoms with van der Waals surface area (Å²) < 4.78 is 6.36. The second-order valence-electron chi connectivity index (χ2n) is 6.33. The van der Waals surface area contributed by atoms with Crippen LogP contribution in [0.25, 0.3) is 11.1 Å². The summed E-state index contributed by atoms with van der Waals surface area (Å²) in [5.74, 6) is 0.650. The molecule has 2 nitrogen and oxygen atoms in total. The first-order valence-electron chi connectivity index (χ1n) is 8.75. The van der Waals surface area contributed by atoms with Crippen molar-refractivity contribution in [2.24, 2.45) is 0 Å². The number of carbonyl (C=O) groups is 1. The molecule has 0 bridgehead atoms. The van der Waals surface area contributed by atoms with Crippen molar-refractivity contribution >= 4 is 21.9 Å². The summed E-state index contributed by atoms with van der Waals surface area (Å²) in [7, 11) is 0. The molecule has 3 aromatic carbocycles. The van der Waals surface area contributed by atoms with Crippen molar-refractivity contribution < 1.29 is 9.53 Å². The smallest absolute Gasteiger partial charge is 0.343 e. The van der Waals surface area contributed by atoms with E-state index in [9.17, 15) is 4.79 Å². The molecule has 0 heterocycles. The van der Waals surface area contributed by atoms with E-state index in [-0.39, 0.29) is 5.97 Å². The number of halogens is 1. The maximum Gasteiger partial charge on any atom is 0.343 e. The second-order valence-corrected chi connectivity index (χ2v) is 7.19. The van der Waals surface area contributed by atoms with Crippen LogP contribution in [0.2, 0.25) is 0 Å². The number of ether oxygens (including phenoxy) is 1. The molecule has 1 unspecified atom stereocenters. The molecular weight excluding hydrogens is 388 g/mol. The van der Waals surface area contributed by atoms with Gasteiger partial charge in [0.1, 0.15) is 5.75 Å². The highest BCUT2D eigenvalue weighted by Gasteiger charge is 2.13. The standard InChI is InChI=1S/C23H21BrO2/c1-3-16(2)20-13-14-22(21(24)15-20)26-23(25)19-11-9-18(10-12-19)17-7-5-4-6-8-17/h4-16H,3H2,1-2H3.